The first kappa shape index (κ1) is 19.9. The number of allylic oxidation sites excluding steroid dienone is 2. The van der Waals surface area contributed by atoms with E-state index in [2.05, 4.69) is 5.32 Å². The molecule has 2 aliphatic heterocycles. The number of nitrogens with zero attached hydrogens (tertiary/aromatic N) is 1. The Hall–Kier alpha value is -2.81. The van der Waals surface area contributed by atoms with Crippen LogP contribution in [0.2, 0.25) is 0 Å². The minimum Gasteiger partial charge on any atom is -0.462 e. The van der Waals surface area contributed by atoms with Crippen LogP contribution < -0.4 is 5.32 Å². The third-order valence-electron chi connectivity index (χ3n) is 4.60. The van der Waals surface area contributed by atoms with E-state index in [1.807, 2.05) is 0 Å². The maximum absolute atomic E-state index is 13.9. The molecule has 2 aliphatic rings. The summed E-state index contributed by atoms with van der Waals surface area (Å²) in [6.45, 7) is 1.39. The van der Waals surface area contributed by atoms with E-state index >= 15 is 0 Å². The fourth-order valence-corrected chi connectivity index (χ4v) is 3.31. The number of carbonyl (C=O) groups excluding carboxylic acids is 2. The summed E-state index contributed by atoms with van der Waals surface area (Å²) in [5.41, 5.74) is -4.52. The second-order valence-corrected chi connectivity index (χ2v) is 6.34. The topological polar surface area (TPSA) is 78.9 Å². The Kier molecular flexibility index (Phi) is 5.20. The molecule has 1 saturated heterocycles. The number of ketones is 1. The van der Waals surface area contributed by atoms with E-state index in [0.29, 0.717) is 11.4 Å². The second kappa shape index (κ2) is 7.31. The number of halogens is 3. The van der Waals surface area contributed by atoms with Crippen molar-refractivity contribution in [3.05, 3.63) is 58.9 Å². The smallest absolute Gasteiger partial charge is 0.441 e. The number of fused-ring (bicyclic) bond motifs is 1. The average Bonchev–Trinajstić information content (AvgIpc) is 2.68. The highest BCUT2D eigenvalue weighted by molar-refractivity contribution is 6.12. The van der Waals surface area contributed by atoms with Crippen molar-refractivity contribution in [2.24, 2.45) is 0 Å². The molecular weight excluding hydrogens is 377 g/mol. The first-order valence-electron chi connectivity index (χ1n) is 8.75. The van der Waals surface area contributed by atoms with Gasteiger partial charge in [0.15, 0.2) is 5.78 Å². The first-order valence-corrected chi connectivity index (χ1v) is 8.75. The normalized spacial score (nSPS) is 22.2. The fraction of sp³-hybridized carbons (Fsp3) is 0.368. The summed E-state index contributed by atoms with van der Waals surface area (Å²) >= 11 is 0. The van der Waals surface area contributed by atoms with Crippen molar-refractivity contribution >= 4 is 11.8 Å². The molecule has 3 rings (SSSR count). The number of esters is 1. The molecule has 9 heteroatoms. The van der Waals surface area contributed by atoms with Gasteiger partial charge in [-0.15, -0.1) is 0 Å². The third kappa shape index (κ3) is 3.15. The summed E-state index contributed by atoms with van der Waals surface area (Å²) in [5.74, 6) is -2.06. The van der Waals surface area contributed by atoms with Crippen molar-refractivity contribution in [3.8, 4) is 0 Å². The molecule has 28 heavy (non-hydrogen) atoms. The van der Waals surface area contributed by atoms with E-state index in [4.69, 9.17) is 4.74 Å². The summed E-state index contributed by atoms with van der Waals surface area (Å²) < 4.78 is 46.5. The molecule has 2 N–H and O–H groups in total. The highest BCUT2D eigenvalue weighted by Gasteiger charge is 2.65. The van der Waals surface area contributed by atoms with Crippen LogP contribution in [-0.4, -0.2) is 53.4 Å². The molecule has 150 valence electrons. The largest absolute Gasteiger partial charge is 0.462 e. The van der Waals surface area contributed by atoms with Gasteiger partial charge >= 0.3 is 12.1 Å². The second-order valence-electron chi connectivity index (χ2n) is 6.34. The predicted molar refractivity (Wildman–Crippen MR) is 92.8 cm³/mol. The van der Waals surface area contributed by atoms with Crippen LogP contribution in [0.4, 0.5) is 13.2 Å². The molecule has 0 bridgehead atoms. The van der Waals surface area contributed by atoms with Crippen LogP contribution in [0.25, 0.3) is 0 Å². The van der Waals surface area contributed by atoms with Gasteiger partial charge in [-0.3, -0.25) is 4.79 Å². The number of Topliss-reactive ketones (excluding diaryl/α,β-unsaturated/α-hetero) is 1. The van der Waals surface area contributed by atoms with Gasteiger partial charge < -0.3 is 20.1 Å². The number of alkyl halides is 3. The number of carbonyl (C=O) groups is 2. The van der Waals surface area contributed by atoms with E-state index in [-0.39, 0.29) is 36.5 Å². The highest BCUT2D eigenvalue weighted by Crippen LogP contribution is 2.45. The van der Waals surface area contributed by atoms with E-state index < -0.39 is 29.2 Å². The van der Waals surface area contributed by atoms with Crippen molar-refractivity contribution in [1.82, 2.24) is 10.2 Å². The van der Waals surface area contributed by atoms with Crippen LogP contribution in [-0.2, 0) is 9.53 Å². The summed E-state index contributed by atoms with van der Waals surface area (Å²) in [7, 11) is 0. The van der Waals surface area contributed by atoms with Gasteiger partial charge in [-0.25, -0.2) is 4.79 Å². The van der Waals surface area contributed by atoms with Crippen LogP contribution in [0.5, 0.6) is 0 Å². The zero-order valence-corrected chi connectivity index (χ0v) is 15.0. The molecule has 0 radical (unpaired) electrons. The van der Waals surface area contributed by atoms with Gasteiger partial charge in [-0.2, -0.15) is 13.2 Å². The summed E-state index contributed by atoms with van der Waals surface area (Å²) in [6, 6.07) is 7.98. The van der Waals surface area contributed by atoms with Gasteiger partial charge in [-0.05, 0) is 19.4 Å². The van der Waals surface area contributed by atoms with Crippen molar-refractivity contribution in [1.29, 1.82) is 0 Å². The minimum atomic E-state index is -5.20. The Bertz CT molecular complexity index is 848. The standard InChI is InChI=1S/C19H19F3N2O4/c1-2-28-17(26)14-11-13(15(25)12-7-4-3-5-8-12)16-23-9-6-10-24(16)18(14,27)19(20,21)22/h3-5,7-8,11,23,27H,2,6,9-10H2,1H3. The van der Waals surface area contributed by atoms with Gasteiger partial charge in [0.25, 0.3) is 5.72 Å². The molecule has 0 aliphatic carbocycles. The Labute approximate surface area is 159 Å². The van der Waals surface area contributed by atoms with E-state index in [1.54, 1.807) is 18.2 Å². The van der Waals surface area contributed by atoms with Crippen LogP contribution in [0.1, 0.15) is 23.7 Å². The highest BCUT2D eigenvalue weighted by atomic mass is 19.4. The van der Waals surface area contributed by atoms with Crippen molar-refractivity contribution in [2.75, 3.05) is 19.7 Å². The predicted octanol–water partition coefficient (Wildman–Crippen LogP) is 2.13. The van der Waals surface area contributed by atoms with Crippen LogP contribution in [0.3, 0.4) is 0 Å². The maximum Gasteiger partial charge on any atom is 0.441 e. The molecule has 1 aromatic rings. The lowest BCUT2D eigenvalue weighted by atomic mass is 9.89. The number of hydrogen-bond acceptors (Lipinski definition) is 6. The molecule has 1 fully saturated rings. The first-order chi connectivity index (χ1) is 13.2. The van der Waals surface area contributed by atoms with Gasteiger partial charge in [0.2, 0.25) is 0 Å². The molecule has 0 spiro atoms. The van der Waals surface area contributed by atoms with Crippen LogP contribution in [0, 0.1) is 0 Å². The van der Waals surface area contributed by atoms with Gasteiger partial charge in [0, 0.05) is 18.7 Å². The lowest BCUT2D eigenvalue weighted by molar-refractivity contribution is -0.295. The molecule has 0 amide bonds. The number of benzene rings is 1. The summed E-state index contributed by atoms with van der Waals surface area (Å²) in [5, 5.41) is 13.4. The lowest BCUT2D eigenvalue weighted by Gasteiger charge is -2.48. The number of hydrogen-bond donors (Lipinski definition) is 2. The zero-order valence-electron chi connectivity index (χ0n) is 15.0. The quantitative estimate of drug-likeness (QED) is 0.600. The Morgan fingerprint density at radius 3 is 2.57 bits per heavy atom. The number of nitrogens with one attached hydrogen (secondary N) is 1. The molecule has 6 nitrogen and oxygen atoms in total. The third-order valence-corrected chi connectivity index (χ3v) is 4.60. The maximum atomic E-state index is 13.9. The van der Waals surface area contributed by atoms with Crippen molar-refractivity contribution in [3.63, 3.8) is 0 Å². The van der Waals surface area contributed by atoms with Crippen molar-refractivity contribution in [2.45, 2.75) is 25.2 Å². The molecule has 2 heterocycles. The summed E-state index contributed by atoms with van der Waals surface area (Å²) in [6.07, 6.45) is -4.13. The molecule has 1 aromatic carbocycles. The number of aliphatic hydroxyl groups is 1. The number of rotatable bonds is 4. The zero-order chi connectivity index (χ0) is 20.5. The average molecular weight is 396 g/mol. The fourth-order valence-electron chi connectivity index (χ4n) is 3.31. The lowest BCUT2D eigenvalue weighted by Crippen LogP contribution is -2.65. The SMILES string of the molecule is CCOC(=O)C1=CC(C(=O)c2ccccc2)=C2NCCCN2C1(O)C(F)(F)F. The molecular formula is C19H19F3N2O4. The Morgan fingerprint density at radius 1 is 1.29 bits per heavy atom. The van der Waals surface area contributed by atoms with Gasteiger partial charge in [0.1, 0.15) is 5.82 Å². The van der Waals surface area contributed by atoms with E-state index in [0.717, 1.165) is 6.08 Å². The molecule has 0 saturated carbocycles. The Balaban J connectivity index is 2.21. The van der Waals surface area contributed by atoms with E-state index in [1.165, 1.54) is 19.1 Å². The molecule has 1 atom stereocenters. The summed E-state index contributed by atoms with van der Waals surface area (Å²) in [4.78, 5) is 25.9. The Morgan fingerprint density at radius 2 is 1.96 bits per heavy atom. The van der Waals surface area contributed by atoms with Crippen molar-refractivity contribution < 1.29 is 32.6 Å². The molecule has 1 unspecified atom stereocenters. The number of ether oxygens (including phenoxy) is 1. The van der Waals surface area contributed by atoms with Gasteiger partial charge in [-0.1, -0.05) is 30.3 Å². The van der Waals surface area contributed by atoms with Gasteiger partial charge in [0.05, 0.1) is 17.8 Å². The van der Waals surface area contributed by atoms with E-state index in [9.17, 15) is 27.9 Å². The van der Waals surface area contributed by atoms with Crippen LogP contribution in [0.15, 0.2) is 53.4 Å². The van der Waals surface area contributed by atoms with Crippen LogP contribution >= 0.6 is 0 Å². The minimum absolute atomic E-state index is 0.136. The monoisotopic (exact) mass is 396 g/mol. The molecule has 0 aromatic heterocycles.